The molecule has 0 unspecified atom stereocenters. The summed E-state index contributed by atoms with van der Waals surface area (Å²) in [5, 5.41) is 0.461. The molecule has 0 atom stereocenters. The summed E-state index contributed by atoms with van der Waals surface area (Å²) in [6.07, 6.45) is 1.41. The van der Waals surface area contributed by atoms with E-state index in [4.69, 9.17) is 16.3 Å². The highest BCUT2D eigenvalue weighted by atomic mass is 35.5. The van der Waals surface area contributed by atoms with Gasteiger partial charge in [-0.3, -0.25) is 4.90 Å². The van der Waals surface area contributed by atoms with Crippen LogP contribution in [0.5, 0.6) is 5.75 Å². The van der Waals surface area contributed by atoms with Gasteiger partial charge in [0.2, 0.25) is 0 Å². The first-order valence-corrected chi connectivity index (χ1v) is 9.32. The quantitative estimate of drug-likeness (QED) is 0.832. The molecule has 1 aliphatic heterocycles. The molecule has 0 amide bonds. The fraction of sp³-hybridized carbons (Fsp3) is 0.600. The molecule has 1 aromatic rings. The Labute approximate surface area is 132 Å². The summed E-state index contributed by atoms with van der Waals surface area (Å²) in [5.41, 5.74) is 1.02. The Morgan fingerprint density at radius 3 is 2.57 bits per heavy atom. The smallest absolute Gasteiger partial charge is 0.152 e. The van der Waals surface area contributed by atoms with E-state index in [1.54, 1.807) is 14.0 Å². The molecule has 0 N–H and O–H groups in total. The Bertz CT molecular complexity index is 581. The number of benzene rings is 1. The number of sulfone groups is 1. The zero-order valence-electron chi connectivity index (χ0n) is 12.5. The van der Waals surface area contributed by atoms with Crippen LogP contribution in [0.1, 0.15) is 25.3 Å². The summed E-state index contributed by atoms with van der Waals surface area (Å²) in [4.78, 5) is 2.25. The van der Waals surface area contributed by atoms with Crippen LogP contribution in [0.4, 0.5) is 0 Å². The van der Waals surface area contributed by atoms with Crippen LogP contribution in [-0.2, 0) is 16.4 Å². The van der Waals surface area contributed by atoms with Crippen molar-refractivity contribution in [1.82, 2.24) is 4.90 Å². The normalized spacial score (nSPS) is 17.9. The van der Waals surface area contributed by atoms with Crippen molar-refractivity contribution < 1.29 is 13.2 Å². The maximum absolute atomic E-state index is 11.9. The van der Waals surface area contributed by atoms with Crippen LogP contribution in [0.25, 0.3) is 0 Å². The van der Waals surface area contributed by atoms with E-state index in [0.29, 0.717) is 23.6 Å². The molecule has 0 aromatic heterocycles. The van der Waals surface area contributed by atoms with Crippen molar-refractivity contribution in [2.75, 3.05) is 26.0 Å². The van der Waals surface area contributed by atoms with Crippen molar-refractivity contribution in [2.24, 2.45) is 0 Å². The number of rotatable bonds is 5. The van der Waals surface area contributed by atoms with Gasteiger partial charge in [0.25, 0.3) is 0 Å². The number of hydrogen-bond acceptors (Lipinski definition) is 4. The molecule has 4 nitrogen and oxygen atoms in total. The van der Waals surface area contributed by atoms with Crippen molar-refractivity contribution in [3.05, 3.63) is 28.8 Å². The van der Waals surface area contributed by atoms with Crippen LogP contribution in [0.15, 0.2) is 18.2 Å². The standard InChI is InChI=1S/C15H22ClNO3S/c1-3-21(18,19)13-7-9-17(10-8-13)11-12-5-4-6-14(20-2)15(12)16/h4-6,13H,3,7-11H2,1-2H3. The maximum atomic E-state index is 11.9. The monoisotopic (exact) mass is 331 g/mol. The van der Waals surface area contributed by atoms with Gasteiger partial charge < -0.3 is 4.74 Å². The number of likely N-dealkylation sites (tertiary alicyclic amines) is 1. The number of nitrogens with zero attached hydrogens (tertiary/aromatic N) is 1. The summed E-state index contributed by atoms with van der Waals surface area (Å²) < 4.78 is 29.0. The molecule has 0 radical (unpaired) electrons. The van der Waals surface area contributed by atoms with E-state index in [1.165, 1.54) is 0 Å². The summed E-state index contributed by atoms with van der Waals surface area (Å²) in [5.74, 6) is 0.914. The largest absolute Gasteiger partial charge is 0.495 e. The molecule has 0 saturated carbocycles. The van der Waals surface area contributed by atoms with Crippen LogP contribution in [0.2, 0.25) is 5.02 Å². The van der Waals surface area contributed by atoms with Crippen molar-refractivity contribution in [3.63, 3.8) is 0 Å². The second kappa shape index (κ2) is 6.99. The number of ether oxygens (including phenoxy) is 1. The zero-order valence-corrected chi connectivity index (χ0v) is 14.1. The minimum absolute atomic E-state index is 0.181. The van der Waals surface area contributed by atoms with E-state index in [2.05, 4.69) is 4.90 Å². The van der Waals surface area contributed by atoms with Crippen LogP contribution in [0.3, 0.4) is 0 Å². The van der Waals surface area contributed by atoms with E-state index in [0.717, 1.165) is 25.2 Å². The highest BCUT2D eigenvalue weighted by molar-refractivity contribution is 7.92. The van der Waals surface area contributed by atoms with Crippen LogP contribution < -0.4 is 4.74 Å². The predicted octanol–water partition coefficient (Wildman–Crippen LogP) is 2.75. The van der Waals surface area contributed by atoms with Gasteiger partial charge in [0.1, 0.15) is 5.75 Å². The number of hydrogen-bond donors (Lipinski definition) is 0. The van der Waals surface area contributed by atoms with Gasteiger partial charge in [-0.1, -0.05) is 30.7 Å². The molecule has 1 fully saturated rings. The Morgan fingerprint density at radius 1 is 1.33 bits per heavy atom. The van der Waals surface area contributed by atoms with Gasteiger partial charge in [-0.05, 0) is 37.6 Å². The van der Waals surface area contributed by atoms with E-state index < -0.39 is 9.84 Å². The molecule has 21 heavy (non-hydrogen) atoms. The maximum Gasteiger partial charge on any atom is 0.152 e. The van der Waals surface area contributed by atoms with Gasteiger partial charge in [-0.15, -0.1) is 0 Å². The fourth-order valence-corrected chi connectivity index (χ4v) is 4.40. The molecule has 1 aromatic carbocycles. The highest BCUT2D eigenvalue weighted by Gasteiger charge is 2.28. The van der Waals surface area contributed by atoms with E-state index in [1.807, 2.05) is 18.2 Å². The van der Waals surface area contributed by atoms with Gasteiger partial charge in [0.05, 0.1) is 17.4 Å². The lowest BCUT2D eigenvalue weighted by molar-refractivity contribution is 0.222. The Kier molecular flexibility index (Phi) is 5.52. The molecule has 6 heteroatoms. The van der Waals surface area contributed by atoms with Gasteiger partial charge >= 0.3 is 0 Å². The van der Waals surface area contributed by atoms with Crippen molar-refractivity contribution in [1.29, 1.82) is 0 Å². The third-order valence-electron chi connectivity index (χ3n) is 4.10. The van der Waals surface area contributed by atoms with E-state index in [9.17, 15) is 8.42 Å². The highest BCUT2D eigenvalue weighted by Crippen LogP contribution is 2.29. The molecular formula is C15H22ClNO3S. The third-order valence-corrected chi connectivity index (χ3v) is 6.82. The summed E-state index contributed by atoms with van der Waals surface area (Å²) in [6.45, 7) is 4.03. The van der Waals surface area contributed by atoms with Gasteiger partial charge in [0.15, 0.2) is 9.84 Å². The lowest BCUT2D eigenvalue weighted by atomic mass is 10.1. The number of piperidine rings is 1. The SMILES string of the molecule is CCS(=O)(=O)C1CCN(Cc2cccc(OC)c2Cl)CC1. The molecule has 2 rings (SSSR count). The summed E-state index contributed by atoms with van der Waals surface area (Å²) in [6, 6.07) is 5.75. The van der Waals surface area contributed by atoms with Crippen LogP contribution in [0, 0.1) is 0 Å². The first kappa shape index (κ1) is 16.6. The summed E-state index contributed by atoms with van der Waals surface area (Å²) in [7, 11) is -1.31. The van der Waals surface area contributed by atoms with E-state index in [-0.39, 0.29) is 11.0 Å². The van der Waals surface area contributed by atoms with Gasteiger partial charge in [0, 0.05) is 12.3 Å². The van der Waals surface area contributed by atoms with Crippen molar-refractivity contribution in [2.45, 2.75) is 31.6 Å². The molecule has 0 spiro atoms. The third kappa shape index (κ3) is 3.90. The van der Waals surface area contributed by atoms with Crippen molar-refractivity contribution in [3.8, 4) is 5.75 Å². The average molecular weight is 332 g/mol. The molecular weight excluding hydrogens is 310 g/mol. The molecule has 1 saturated heterocycles. The molecule has 1 heterocycles. The predicted molar refractivity (Wildman–Crippen MR) is 85.8 cm³/mol. The molecule has 0 bridgehead atoms. The zero-order chi connectivity index (χ0) is 15.5. The number of halogens is 1. The van der Waals surface area contributed by atoms with E-state index >= 15 is 0 Å². The molecule has 0 aliphatic carbocycles. The van der Waals surface area contributed by atoms with Crippen molar-refractivity contribution >= 4 is 21.4 Å². The van der Waals surface area contributed by atoms with Gasteiger partial charge in [-0.2, -0.15) is 0 Å². The minimum atomic E-state index is -2.91. The molecule has 118 valence electrons. The lowest BCUT2D eigenvalue weighted by Crippen LogP contribution is -2.39. The van der Waals surface area contributed by atoms with Gasteiger partial charge in [-0.25, -0.2) is 8.42 Å². The van der Waals surface area contributed by atoms with Crippen LogP contribution in [-0.4, -0.2) is 44.5 Å². The first-order valence-electron chi connectivity index (χ1n) is 7.23. The summed E-state index contributed by atoms with van der Waals surface area (Å²) >= 11 is 6.30. The molecule has 1 aliphatic rings. The van der Waals surface area contributed by atoms with Crippen LogP contribution >= 0.6 is 11.6 Å². The first-order chi connectivity index (χ1) is 9.97. The second-order valence-corrected chi connectivity index (χ2v) is 8.31. The average Bonchev–Trinajstić information content (AvgIpc) is 2.50. The fourth-order valence-electron chi connectivity index (χ4n) is 2.74. The lowest BCUT2D eigenvalue weighted by Gasteiger charge is -2.31. The Morgan fingerprint density at radius 2 is 2.00 bits per heavy atom. The minimum Gasteiger partial charge on any atom is -0.495 e. The Hall–Kier alpha value is -0.780. The Balaban J connectivity index is 1.98. The number of methoxy groups -OCH3 is 1. The second-order valence-electron chi connectivity index (χ2n) is 5.36. The topological polar surface area (TPSA) is 46.6 Å².